The Balaban J connectivity index is 1.77. The zero-order valence-electron chi connectivity index (χ0n) is 15.5. The summed E-state index contributed by atoms with van der Waals surface area (Å²) in [6, 6.07) is 8.60. The van der Waals surface area contributed by atoms with Crippen molar-refractivity contribution in [3.8, 4) is 5.75 Å². The first-order valence-electron chi connectivity index (χ1n) is 9.11. The summed E-state index contributed by atoms with van der Waals surface area (Å²) in [6.45, 7) is 3.56. The van der Waals surface area contributed by atoms with Crippen LogP contribution in [0.4, 0.5) is 10.2 Å². The molecule has 1 aliphatic heterocycles. The number of aromatic nitrogens is 1. The van der Waals surface area contributed by atoms with Gasteiger partial charge in [0.05, 0.1) is 7.11 Å². The molecule has 2 heterocycles. The number of anilines is 1. The summed E-state index contributed by atoms with van der Waals surface area (Å²) in [5.41, 5.74) is 0.457. The van der Waals surface area contributed by atoms with Crippen molar-refractivity contribution in [1.29, 1.82) is 0 Å². The average molecular weight is 438 g/mol. The molecule has 1 aromatic carbocycles. The van der Waals surface area contributed by atoms with Gasteiger partial charge >= 0.3 is 0 Å². The first-order valence-corrected chi connectivity index (χ1v) is 9.90. The van der Waals surface area contributed by atoms with E-state index >= 15 is 0 Å². The Kier molecular flexibility index (Phi) is 6.68. The summed E-state index contributed by atoms with van der Waals surface area (Å²) in [6.07, 6.45) is 2.85. The monoisotopic (exact) mass is 437 g/mol. The second-order valence-corrected chi connectivity index (χ2v) is 7.93. The number of ether oxygens (including phenoxy) is 1. The number of aliphatic hydroxyl groups excluding tert-OH is 1. The van der Waals surface area contributed by atoms with Gasteiger partial charge in [0, 0.05) is 35.4 Å². The highest BCUT2D eigenvalue weighted by Crippen LogP contribution is 2.34. The lowest BCUT2D eigenvalue weighted by atomic mass is 9.92. The Morgan fingerprint density at radius 3 is 2.89 bits per heavy atom. The minimum atomic E-state index is -0.928. The highest BCUT2D eigenvalue weighted by Gasteiger charge is 2.33. The number of methoxy groups -OCH3 is 1. The molecule has 0 bridgehead atoms. The molecule has 1 fully saturated rings. The predicted molar refractivity (Wildman–Crippen MR) is 107 cm³/mol. The van der Waals surface area contributed by atoms with Crippen LogP contribution in [0.15, 0.2) is 41.0 Å². The van der Waals surface area contributed by atoms with Gasteiger partial charge in [0.15, 0.2) is 11.6 Å². The van der Waals surface area contributed by atoms with Crippen LogP contribution in [-0.2, 0) is 0 Å². The largest absolute Gasteiger partial charge is 0.493 e. The van der Waals surface area contributed by atoms with Gasteiger partial charge < -0.3 is 15.2 Å². The second-order valence-electron chi connectivity index (χ2n) is 7.01. The molecule has 0 aliphatic carbocycles. The molecule has 2 N–H and O–H groups in total. The lowest BCUT2D eigenvalue weighted by molar-refractivity contribution is -0.0527. The number of nitrogens with one attached hydrogen (secondary N) is 1. The number of halogens is 2. The van der Waals surface area contributed by atoms with Gasteiger partial charge in [-0.25, -0.2) is 9.37 Å². The molecule has 0 radical (unpaired) electrons. The van der Waals surface area contributed by atoms with Crippen molar-refractivity contribution in [3.05, 3.63) is 52.4 Å². The molecule has 1 aliphatic rings. The molecule has 146 valence electrons. The van der Waals surface area contributed by atoms with Crippen molar-refractivity contribution in [2.24, 2.45) is 5.92 Å². The summed E-state index contributed by atoms with van der Waals surface area (Å²) < 4.78 is 20.2. The van der Waals surface area contributed by atoms with E-state index in [0.29, 0.717) is 18.0 Å². The van der Waals surface area contributed by atoms with E-state index in [2.05, 4.69) is 33.2 Å². The normalized spacial score (nSPS) is 21.7. The smallest absolute Gasteiger partial charge is 0.165 e. The fourth-order valence-corrected chi connectivity index (χ4v) is 3.82. The lowest BCUT2D eigenvalue weighted by Crippen LogP contribution is -2.48. The fourth-order valence-electron chi connectivity index (χ4n) is 3.59. The van der Waals surface area contributed by atoms with Crippen molar-refractivity contribution in [2.75, 3.05) is 25.5 Å². The number of nitrogens with zero attached hydrogens (tertiary/aromatic N) is 2. The van der Waals surface area contributed by atoms with Crippen LogP contribution in [0.3, 0.4) is 0 Å². The summed E-state index contributed by atoms with van der Waals surface area (Å²) in [5, 5.41) is 14.4. The molecular formula is C20H25BrFN3O2. The number of hydrogen-bond donors (Lipinski definition) is 2. The second kappa shape index (κ2) is 8.99. The van der Waals surface area contributed by atoms with Crippen molar-refractivity contribution < 1.29 is 14.2 Å². The van der Waals surface area contributed by atoms with Crippen LogP contribution in [0.2, 0.25) is 0 Å². The summed E-state index contributed by atoms with van der Waals surface area (Å²) in [5.74, 6) is 0.883. The Labute approximate surface area is 167 Å². The molecule has 0 spiro atoms. The summed E-state index contributed by atoms with van der Waals surface area (Å²) in [4.78, 5) is 6.36. The van der Waals surface area contributed by atoms with Crippen LogP contribution < -0.4 is 10.1 Å². The maximum absolute atomic E-state index is 14.1. The van der Waals surface area contributed by atoms with E-state index < -0.39 is 12.0 Å². The zero-order valence-corrected chi connectivity index (χ0v) is 17.1. The molecule has 27 heavy (non-hydrogen) atoms. The van der Waals surface area contributed by atoms with Gasteiger partial charge in [0.1, 0.15) is 12.0 Å². The van der Waals surface area contributed by atoms with E-state index in [-0.39, 0.29) is 11.8 Å². The lowest BCUT2D eigenvalue weighted by Gasteiger charge is -2.41. The van der Waals surface area contributed by atoms with Gasteiger partial charge in [-0.1, -0.05) is 19.1 Å². The zero-order chi connectivity index (χ0) is 19.4. The van der Waals surface area contributed by atoms with E-state index in [9.17, 15) is 9.50 Å². The third kappa shape index (κ3) is 4.78. The Bertz CT molecular complexity index is 759. The fraction of sp³-hybridized carbons (Fsp3) is 0.450. The van der Waals surface area contributed by atoms with Gasteiger partial charge in [0.25, 0.3) is 0 Å². The van der Waals surface area contributed by atoms with Crippen LogP contribution in [0.25, 0.3) is 0 Å². The van der Waals surface area contributed by atoms with Crippen molar-refractivity contribution in [1.82, 2.24) is 9.88 Å². The summed E-state index contributed by atoms with van der Waals surface area (Å²) in [7, 11) is 1.42. The minimum Gasteiger partial charge on any atom is -0.493 e. The maximum Gasteiger partial charge on any atom is 0.165 e. The maximum atomic E-state index is 14.1. The van der Waals surface area contributed by atoms with Gasteiger partial charge in [-0.2, -0.15) is 0 Å². The number of pyridine rings is 1. The van der Waals surface area contributed by atoms with Crippen molar-refractivity contribution in [2.45, 2.75) is 32.0 Å². The van der Waals surface area contributed by atoms with E-state index in [4.69, 9.17) is 4.74 Å². The molecule has 1 saturated heterocycles. The first kappa shape index (κ1) is 20.0. The molecule has 0 amide bonds. The number of rotatable bonds is 6. The molecule has 1 aromatic heterocycles. The van der Waals surface area contributed by atoms with E-state index in [0.717, 1.165) is 29.7 Å². The molecular weight excluding hydrogens is 413 g/mol. The molecule has 2 aromatic rings. The summed E-state index contributed by atoms with van der Waals surface area (Å²) >= 11 is 3.38. The van der Waals surface area contributed by atoms with Crippen molar-refractivity contribution >= 4 is 21.7 Å². The van der Waals surface area contributed by atoms with Crippen LogP contribution >= 0.6 is 15.9 Å². The number of likely N-dealkylation sites (tertiary alicyclic amines) is 1. The Morgan fingerprint density at radius 1 is 1.37 bits per heavy atom. The van der Waals surface area contributed by atoms with E-state index in [1.54, 1.807) is 18.3 Å². The Morgan fingerprint density at radius 2 is 2.19 bits per heavy atom. The molecule has 0 saturated carbocycles. The first-order chi connectivity index (χ1) is 13.0. The highest BCUT2D eigenvalue weighted by atomic mass is 79.9. The van der Waals surface area contributed by atoms with Crippen molar-refractivity contribution in [3.63, 3.8) is 0 Å². The molecule has 7 heteroatoms. The number of para-hydroxylation sites is 1. The number of benzene rings is 1. The Hall–Kier alpha value is -1.70. The highest BCUT2D eigenvalue weighted by molar-refractivity contribution is 9.10. The van der Waals surface area contributed by atoms with E-state index in [1.165, 1.54) is 13.2 Å². The van der Waals surface area contributed by atoms with Crippen LogP contribution in [0.5, 0.6) is 5.75 Å². The van der Waals surface area contributed by atoms with E-state index in [1.807, 2.05) is 17.0 Å². The molecule has 5 nitrogen and oxygen atoms in total. The van der Waals surface area contributed by atoms with Crippen LogP contribution in [0.1, 0.15) is 31.6 Å². The quantitative estimate of drug-likeness (QED) is 0.709. The van der Waals surface area contributed by atoms with Crippen LogP contribution in [-0.4, -0.2) is 41.2 Å². The minimum absolute atomic E-state index is 0.101. The molecule has 3 rings (SSSR count). The van der Waals surface area contributed by atoms with Gasteiger partial charge in [0.2, 0.25) is 0 Å². The topological polar surface area (TPSA) is 57.6 Å². The molecule has 3 atom stereocenters. The standard InChI is InChI=1S/C20H25BrFN3O2/c1-13-6-8-15(11-24-18-9-7-14(21)10-23-18)25(12-13)20(26)16-4-3-5-17(22)19(16)27-2/h3-5,7,9-10,13,15,20,26H,6,8,11-12H2,1-2H3,(H,23,24)/t13-,15-,20?/m0/s1. The molecule has 1 unspecified atom stereocenters. The van der Waals surface area contributed by atoms with Gasteiger partial charge in [-0.3, -0.25) is 4.90 Å². The number of aliphatic hydroxyl groups is 1. The third-order valence-electron chi connectivity index (χ3n) is 5.02. The SMILES string of the molecule is COc1c(F)cccc1C(O)N1C[C@@H](C)CC[C@H]1CNc1ccc(Br)cn1. The number of piperidine rings is 1. The van der Waals surface area contributed by atoms with Gasteiger partial charge in [-0.15, -0.1) is 0 Å². The van der Waals surface area contributed by atoms with Gasteiger partial charge in [-0.05, 0) is 52.9 Å². The third-order valence-corrected chi connectivity index (χ3v) is 5.49. The number of hydrogen-bond acceptors (Lipinski definition) is 5. The predicted octanol–water partition coefficient (Wildman–Crippen LogP) is 4.20. The van der Waals surface area contributed by atoms with Crippen LogP contribution in [0, 0.1) is 11.7 Å². The average Bonchev–Trinajstić information content (AvgIpc) is 2.67.